The molecule has 0 aliphatic rings. The highest BCUT2D eigenvalue weighted by atomic mass is 19.1. The molecule has 1 N–H and O–H groups in total. The second kappa shape index (κ2) is 6.41. The summed E-state index contributed by atoms with van der Waals surface area (Å²) in [5, 5.41) is 13.5. The van der Waals surface area contributed by atoms with Crippen LogP contribution < -0.4 is 5.32 Å². The number of hydrogen-bond acceptors (Lipinski definition) is 3. The number of rotatable bonds is 5. The molecule has 0 bridgehead atoms. The highest BCUT2D eigenvalue weighted by Gasteiger charge is 2.15. The van der Waals surface area contributed by atoms with Crippen LogP contribution in [-0.2, 0) is 6.54 Å². The number of non-ortho nitro benzene ring substituents is 1. The van der Waals surface area contributed by atoms with E-state index in [1.54, 1.807) is 19.1 Å². The number of nitrogens with zero attached hydrogens (tertiary/aromatic N) is 1. The molecule has 0 saturated heterocycles. The number of nitrogens with one attached hydrogen (secondary N) is 1. The van der Waals surface area contributed by atoms with Crippen molar-refractivity contribution in [3.63, 3.8) is 0 Å². The number of nitro benzene ring substituents is 1. The summed E-state index contributed by atoms with van der Waals surface area (Å²) in [6.45, 7) is 2.01. The zero-order valence-electron chi connectivity index (χ0n) is 11.3. The predicted molar refractivity (Wildman–Crippen MR) is 74.7 cm³/mol. The van der Waals surface area contributed by atoms with Crippen LogP contribution in [0.15, 0.2) is 42.5 Å². The molecule has 0 aromatic heterocycles. The third kappa shape index (κ3) is 3.61. The Bertz CT molecular complexity index is 624. The summed E-state index contributed by atoms with van der Waals surface area (Å²) in [6.07, 6.45) is 0. The second-order valence-electron chi connectivity index (χ2n) is 4.66. The number of hydrogen-bond donors (Lipinski definition) is 1. The second-order valence-corrected chi connectivity index (χ2v) is 4.66. The standard InChI is InChI=1S/C15H14F2N2O2/c1-10(15-13(16)3-2-4-14(15)17)18-9-11-5-7-12(8-6-11)19(20)21/h2-8,10,18H,9H2,1H3. The van der Waals surface area contributed by atoms with Gasteiger partial charge in [0.05, 0.1) is 4.92 Å². The van der Waals surface area contributed by atoms with E-state index in [9.17, 15) is 18.9 Å². The Balaban J connectivity index is 2.04. The van der Waals surface area contributed by atoms with Crippen molar-refractivity contribution in [2.24, 2.45) is 0 Å². The molecule has 0 aliphatic carbocycles. The van der Waals surface area contributed by atoms with Crippen molar-refractivity contribution in [1.82, 2.24) is 5.32 Å². The summed E-state index contributed by atoms with van der Waals surface area (Å²) in [6, 6.07) is 9.23. The van der Waals surface area contributed by atoms with Gasteiger partial charge in [0, 0.05) is 30.3 Å². The molecule has 110 valence electrons. The Morgan fingerprint density at radius 3 is 2.24 bits per heavy atom. The number of halogens is 2. The third-order valence-electron chi connectivity index (χ3n) is 3.19. The molecule has 0 heterocycles. The largest absolute Gasteiger partial charge is 0.306 e. The fourth-order valence-corrected chi connectivity index (χ4v) is 2.03. The Morgan fingerprint density at radius 1 is 1.14 bits per heavy atom. The molecular weight excluding hydrogens is 278 g/mol. The Kier molecular flexibility index (Phi) is 4.59. The van der Waals surface area contributed by atoms with Crippen molar-refractivity contribution in [2.45, 2.75) is 19.5 Å². The molecule has 2 rings (SSSR count). The predicted octanol–water partition coefficient (Wildman–Crippen LogP) is 3.72. The molecule has 0 saturated carbocycles. The quantitative estimate of drug-likeness (QED) is 0.675. The van der Waals surface area contributed by atoms with E-state index in [1.165, 1.54) is 30.3 Å². The molecule has 6 heteroatoms. The van der Waals surface area contributed by atoms with Gasteiger partial charge < -0.3 is 5.32 Å². The average Bonchev–Trinajstić information content (AvgIpc) is 2.45. The summed E-state index contributed by atoms with van der Waals surface area (Å²) in [4.78, 5) is 10.1. The van der Waals surface area contributed by atoms with Crippen LogP contribution in [0, 0.1) is 21.7 Å². The van der Waals surface area contributed by atoms with Crippen LogP contribution in [0.2, 0.25) is 0 Å². The zero-order chi connectivity index (χ0) is 15.4. The molecule has 21 heavy (non-hydrogen) atoms. The summed E-state index contributed by atoms with van der Waals surface area (Å²) in [5.74, 6) is -1.20. The van der Waals surface area contributed by atoms with Crippen molar-refractivity contribution in [3.8, 4) is 0 Å². The fraction of sp³-hybridized carbons (Fsp3) is 0.200. The number of benzene rings is 2. The molecule has 0 radical (unpaired) electrons. The lowest BCUT2D eigenvalue weighted by molar-refractivity contribution is -0.384. The maximum Gasteiger partial charge on any atom is 0.269 e. The van der Waals surface area contributed by atoms with Crippen LogP contribution in [-0.4, -0.2) is 4.92 Å². The fourth-order valence-electron chi connectivity index (χ4n) is 2.03. The van der Waals surface area contributed by atoms with E-state index >= 15 is 0 Å². The highest BCUT2D eigenvalue weighted by Crippen LogP contribution is 2.21. The van der Waals surface area contributed by atoms with Gasteiger partial charge >= 0.3 is 0 Å². The molecule has 0 spiro atoms. The van der Waals surface area contributed by atoms with Gasteiger partial charge in [0.1, 0.15) is 11.6 Å². The van der Waals surface area contributed by atoms with E-state index in [1.807, 2.05) is 0 Å². The minimum Gasteiger partial charge on any atom is -0.306 e. The topological polar surface area (TPSA) is 55.2 Å². The van der Waals surface area contributed by atoms with Crippen LogP contribution in [0.1, 0.15) is 24.1 Å². The first-order valence-corrected chi connectivity index (χ1v) is 6.39. The summed E-state index contributed by atoms with van der Waals surface area (Å²) < 4.78 is 27.2. The van der Waals surface area contributed by atoms with E-state index < -0.39 is 22.6 Å². The number of nitro groups is 1. The van der Waals surface area contributed by atoms with Gasteiger partial charge in [-0.1, -0.05) is 18.2 Å². The van der Waals surface area contributed by atoms with Crippen LogP contribution in [0.5, 0.6) is 0 Å². The Morgan fingerprint density at radius 2 is 1.71 bits per heavy atom. The summed E-state index contributed by atoms with van der Waals surface area (Å²) in [7, 11) is 0. The monoisotopic (exact) mass is 292 g/mol. The van der Waals surface area contributed by atoms with E-state index in [4.69, 9.17) is 0 Å². The van der Waals surface area contributed by atoms with Gasteiger partial charge in [0.15, 0.2) is 0 Å². The maximum absolute atomic E-state index is 13.6. The minimum absolute atomic E-state index is 0.00643. The van der Waals surface area contributed by atoms with Crippen molar-refractivity contribution >= 4 is 5.69 Å². The van der Waals surface area contributed by atoms with Crippen LogP contribution in [0.4, 0.5) is 14.5 Å². The summed E-state index contributed by atoms with van der Waals surface area (Å²) >= 11 is 0. The molecule has 0 amide bonds. The van der Waals surface area contributed by atoms with Gasteiger partial charge in [0.2, 0.25) is 0 Å². The van der Waals surface area contributed by atoms with Gasteiger partial charge in [-0.3, -0.25) is 10.1 Å². The molecule has 4 nitrogen and oxygen atoms in total. The normalized spacial score (nSPS) is 12.1. The lowest BCUT2D eigenvalue weighted by Gasteiger charge is -2.15. The SMILES string of the molecule is CC(NCc1ccc([N+](=O)[O-])cc1)c1c(F)cccc1F. The van der Waals surface area contributed by atoms with Crippen LogP contribution in [0.3, 0.4) is 0 Å². The van der Waals surface area contributed by atoms with Gasteiger partial charge in [-0.2, -0.15) is 0 Å². The Hall–Kier alpha value is -2.34. The zero-order valence-corrected chi connectivity index (χ0v) is 11.3. The van der Waals surface area contributed by atoms with Gasteiger partial charge in [-0.15, -0.1) is 0 Å². The molecule has 2 aromatic carbocycles. The van der Waals surface area contributed by atoms with Gasteiger partial charge in [0.25, 0.3) is 5.69 Å². The smallest absolute Gasteiger partial charge is 0.269 e. The van der Waals surface area contributed by atoms with Crippen molar-refractivity contribution in [3.05, 3.63) is 75.3 Å². The van der Waals surface area contributed by atoms with Crippen molar-refractivity contribution in [1.29, 1.82) is 0 Å². The Labute approximate surface area is 120 Å². The lowest BCUT2D eigenvalue weighted by atomic mass is 10.1. The molecule has 2 aromatic rings. The first-order chi connectivity index (χ1) is 9.99. The molecular formula is C15H14F2N2O2. The van der Waals surface area contributed by atoms with Gasteiger partial charge in [-0.05, 0) is 24.6 Å². The molecule has 0 aliphatic heterocycles. The van der Waals surface area contributed by atoms with E-state index in [-0.39, 0.29) is 11.3 Å². The van der Waals surface area contributed by atoms with Crippen molar-refractivity contribution < 1.29 is 13.7 Å². The average molecular weight is 292 g/mol. The molecule has 1 atom stereocenters. The van der Waals surface area contributed by atoms with Gasteiger partial charge in [-0.25, -0.2) is 8.78 Å². The highest BCUT2D eigenvalue weighted by molar-refractivity contribution is 5.33. The van der Waals surface area contributed by atoms with E-state index in [0.717, 1.165) is 5.56 Å². The van der Waals surface area contributed by atoms with Crippen LogP contribution >= 0.6 is 0 Å². The molecule has 0 fully saturated rings. The first kappa shape index (κ1) is 15.1. The molecule has 1 unspecified atom stereocenters. The summed E-state index contributed by atoms with van der Waals surface area (Å²) in [5.41, 5.74) is 0.788. The third-order valence-corrected chi connectivity index (χ3v) is 3.19. The minimum atomic E-state index is -0.598. The first-order valence-electron chi connectivity index (χ1n) is 6.39. The van der Waals surface area contributed by atoms with Crippen LogP contribution in [0.25, 0.3) is 0 Å². The van der Waals surface area contributed by atoms with E-state index in [0.29, 0.717) is 6.54 Å². The van der Waals surface area contributed by atoms with E-state index in [2.05, 4.69) is 5.32 Å². The van der Waals surface area contributed by atoms with Crippen molar-refractivity contribution in [2.75, 3.05) is 0 Å². The maximum atomic E-state index is 13.6. The lowest BCUT2D eigenvalue weighted by Crippen LogP contribution is -2.20.